The third-order valence-corrected chi connectivity index (χ3v) is 14.2. The van der Waals surface area contributed by atoms with Crippen LogP contribution < -0.4 is 0 Å². The van der Waals surface area contributed by atoms with Crippen LogP contribution in [0.5, 0.6) is 0 Å². The van der Waals surface area contributed by atoms with Gasteiger partial charge in [-0.25, -0.2) is 0 Å². The number of rotatable bonds is 48. The van der Waals surface area contributed by atoms with E-state index in [9.17, 15) is 45.3 Å². The number of allylic oxidation sites excluding steroid dienone is 12. The Morgan fingerprint density at radius 3 is 1.27 bits per heavy atom. The highest BCUT2D eigenvalue weighted by Crippen LogP contribution is 2.27. The summed E-state index contributed by atoms with van der Waals surface area (Å²) >= 11 is 0. The van der Waals surface area contributed by atoms with Crippen LogP contribution in [-0.2, 0) is 38.0 Å². The normalized spacial score (nSPS) is 24.5. The molecular weight excluding hydrogens is 997 g/mol. The molecule has 0 bridgehead atoms. The zero-order chi connectivity index (χ0) is 56.7. The standard InChI is InChI=1S/C63H108O15/c1-3-5-7-9-11-13-15-17-19-21-23-24-25-26-28-30-32-34-36-38-40-42-44-46-55(66)76-51(48-73-54(65)45-43-41-39-37-35-33-31-29-27-22-20-18-16-14-12-10-8-6-4-2)49-74-62-61(72)59(70)57(68)53(78-62)50-75-63-60(71)58(69)56(67)52(47-64)77-63/h5,7,11-14,17-20,23-24,51-53,56-64,67-72H,3-4,6,8-10,15-16,21-22,25-50H2,1-2H3/b7-5-,13-11-,14-12-,19-17-,20-18-,24-23-. The molecule has 2 aliphatic rings. The van der Waals surface area contributed by atoms with E-state index in [4.69, 9.17) is 28.4 Å². The van der Waals surface area contributed by atoms with Crippen molar-refractivity contribution in [2.75, 3.05) is 26.4 Å². The molecule has 7 N–H and O–H groups in total. The van der Waals surface area contributed by atoms with Gasteiger partial charge in [-0.1, -0.05) is 196 Å². The molecule has 2 rings (SSSR count). The molecule has 2 aliphatic heterocycles. The van der Waals surface area contributed by atoms with Crippen molar-refractivity contribution in [1.29, 1.82) is 0 Å². The number of esters is 2. The van der Waals surface area contributed by atoms with E-state index in [1.165, 1.54) is 89.9 Å². The number of carbonyl (C=O) groups excluding carboxylic acids is 2. The first kappa shape index (κ1) is 71.0. The highest BCUT2D eigenvalue weighted by atomic mass is 16.7. The molecule has 2 fully saturated rings. The summed E-state index contributed by atoms with van der Waals surface area (Å²) in [5.74, 6) is -0.933. The van der Waals surface area contributed by atoms with Crippen LogP contribution in [-0.4, -0.2) is 142 Å². The summed E-state index contributed by atoms with van der Waals surface area (Å²) in [7, 11) is 0. The fraction of sp³-hybridized carbons (Fsp3) is 0.778. The van der Waals surface area contributed by atoms with Crippen LogP contribution in [0.4, 0.5) is 0 Å². The Morgan fingerprint density at radius 2 is 0.808 bits per heavy atom. The molecule has 11 atom stereocenters. The molecule has 15 heteroatoms. The van der Waals surface area contributed by atoms with Gasteiger partial charge < -0.3 is 64.2 Å². The van der Waals surface area contributed by atoms with Gasteiger partial charge >= 0.3 is 11.9 Å². The van der Waals surface area contributed by atoms with Gasteiger partial charge in [0.25, 0.3) is 0 Å². The van der Waals surface area contributed by atoms with E-state index in [-0.39, 0.29) is 26.1 Å². The minimum atomic E-state index is -1.77. The van der Waals surface area contributed by atoms with Crippen molar-refractivity contribution in [1.82, 2.24) is 0 Å². The van der Waals surface area contributed by atoms with Gasteiger partial charge in [-0.2, -0.15) is 0 Å². The van der Waals surface area contributed by atoms with Gasteiger partial charge in [-0.3, -0.25) is 9.59 Å². The van der Waals surface area contributed by atoms with Crippen molar-refractivity contribution >= 4 is 11.9 Å². The molecule has 78 heavy (non-hydrogen) atoms. The van der Waals surface area contributed by atoms with Crippen LogP contribution in [0.15, 0.2) is 72.9 Å². The summed E-state index contributed by atoms with van der Waals surface area (Å²) in [6.45, 7) is 2.47. The summed E-state index contributed by atoms with van der Waals surface area (Å²) in [4.78, 5) is 26.0. The van der Waals surface area contributed by atoms with Crippen LogP contribution in [0.2, 0.25) is 0 Å². The third-order valence-electron chi connectivity index (χ3n) is 14.2. The first-order valence-electron chi connectivity index (χ1n) is 30.5. The van der Waals surface area contributed by atoms with Crippen LogP contribution in [0.1, 0.15) is 219 Å². The number of ether oxygens (including phenoxy) is 6. The maximum Gasteiger partial charge on any atom is 0.306 e. The Balaban J connectivity index is 1.73. The monoisotopic (exact) mass is 1100 g/mol. The average molecular weight is 1110 g/mol. The Labute approximate surface area is 470 Å². The smallest absolute Gasteiger partial charge is 0.306 e. The topological polar surface area (TPSA) is 231 Å². The Hall–Kier alpha value is -3.06. The van der Waals surface area contributed by atoms with Crippen LogP contribution in [0.25, 0.3) is 0 Å². The molecule has 0 aromatic heterocycles. The molecule has 0 radical (unpaired) electrons. The number of unbranched alkanes of at least 4 members (excludes halogenated alkanes) is 22. The highest BCUT2D eigenvalue weighted by molar-refractivity contribution is 5.70. The lowest BCUT2D eigenvalue weighted by atomic mass is 9.98. The molecular formula is C63H108O15. The van der Waals surface area contributed by atoms with E-state index in [1.807, 2.05) is 0 Å². The van der Waals surface area contributed by atoms with Gasteiger partial charge in [0.2, 0.25) is 0 Å². The van der Waals surface area contributed by atoms with E-state index < -0.39 is 92.7 Å². The predicted octanol–water partition coefficient (Wildman–Crippen LogP) is 10.9. The van der Waals surface area contributed by atoms with Gasteiger partial charge in [0.05, 0.1) is 19.8 Å². The molecule has 0 aromatic carbocycles. The van der Waals surface area contributed by atoms with Crippen molar-refractivity contribution < 1.29 is 73.8 Å². The lowest BCUT2D eigenvalue weighted by Crippen LogP contribution is -2.61. The Bertz CT molecular complexity index is 1630. The van der Waals surface area contributed by atoms with Crippen molar-refractivity contribution in [2.24, 2.45) is 0 Å². The molecule has 0 amide bonds. The van der Waals surface area contributed by atoms with Gasteiger partial charge in [0.15, 0.2) is 18.7 Å². The minimum Gasteiger partial charge on any atom is -0.462 e. The fourth-order valence-corrected chi connectivity index (χ4v) is 9.24. The second kappa shape index (κ2) is 48.6. The highest BCUT2D eigenvalue weighted by Gasteiger charge is 2.47. The quantitative estimate of drug-likeness (QED) is 0.0171. The second-order valence-electron chi connectivity index (χ2n) is 21.1. The van der Waals surface area contributed by atoms with E-state index in [0.29, 0.717) is 12.8 Å². The summed E-state index contributed by atoms with van der Waals surface area (Å²) in [6, 6.07) is 0. The molecule has 450 valence electrons. The van der Waals surface area contributed by atoms with Crippen LogP contribution in [0, 0.1) is 0 Å². The number of hydrogen-bond donors (Lipinski definition) is 7. The SMILES string of the molecule is CC/C=C\C/C=C\C/C=C\C/C=C\CCCCCCCCCCCCC(=O)OC(COC(=O)CCCCCCCCCCC/C=C\C/C=C\CCCCC)COC1OC(COC2OC(CO)C(O)C(O)C2O)C(O)C(O)C1O. The first-order valence-corrected chi connectivity index (χ1v) is 30.5. The van der Waals surface area contributed by atoms with Crippen LogP contribution in [0.3, 0.4) is 0 Å². The summed E-state index contributed by atoms with van der Waals surface area (Å²) in [6.07, 6.45) is 43.4. The summed E-state index contributed by atoms with van der Waals surface area (Å²) < 4.78 is 33.7. The molecule has 0 spiro atoms. The molecule has 0 aromatic rings. The maximum atomic E-state index is 13.1. The van der Waals surface area contributed by atoms with Crippen LogP contribution >= 0.6 is 0 Å². The third kappa shape index (κ3) is 34.9. The zero-order valence-electron chi connectivity index (χ0n) is 48.1. The molecule has 11 unspecified atom stereocenters. The Morgan fingerprint density at radius 1 is 0.423 bits per heavy atom. The zero-order valence-corrected chi connectivity index (χ0v) is 48.1. The first-order chi connectivity index (χ1) is 38.0. The number of aliphatic hydroxyl groups is 7. The molecule has 15 nitrogen and oxygen atoms in total. The van der Waals surface area contributed by atoms with Gasteiger partial charge in [0.1, 0.15) is 55.4 Å². The predicted molar refractivity (Wildman–Crippen MR) is 307 cm³/mol. The number of aliphatic hydroxyl groups excluding tert-OH is 7. The van der Waals surface area contributed by atoms with Gasteiger partial charge in [-0.05, 0) is 83.5 Å². The molecule has 2 heterocycles. The van der Waals surface area contributed by atoms with Crippen molar-refractivity contribution in [3.63, 3.8) is 0 Å². The summed E-state index contributed by atoms with van der Waals surface area (Å²) in [5, 5.41) is 72.4. The van der Waals surface area contributed by atoms with E-state index in [1.54, 1.807) is 0 Å². The molecule has 2 saturated heterocycles. The second-order valence-corrected chi connectivity index (χ2v) is 21.1. The van der Waals surface area contributed by atoms with E-state index in [0.717, 1.165) is 89.9 Å². The van der Waals surface area contributed by atoms with Gasteiger partial charge in [0, 0.05) is 12.8 Å². The van der Waals surface area contributed by atoms with Crippen molar-refractivity contribution in [3.05, 3.63) is 72.9 Å². The van der Waals surface area contributed by atoms with Crippen molar-refractivity contribution in [3.8, 4) is 0 Å². The van der Waals surface area contributed by atoms with E-state index >= 15 is 0 Å². The van der Waals surface area contributed by atoms with Crippen molar-refractivity contribution in [2.45, 2.75) is 287 Å². The molecule has 0 saturated carbocycles. The lowest BCUT2D eigenvalue weighted by molar-refractivity contribution is -0.332. The molecule has 0 aliphatic carbocycles. The minimum absolute atomic E-state index is 0.156. The fourth-order valence-electron chi connectivity index (χ4n) is 9.24. The number of hydrogen-bond acceptors (Lipinski definition) is 15. The van der Waals surface area contributed by atoms with E-state index in [2.05, 4.69) is 86.8 Å². The lowest BCUT2D eigenvalue weighted by Gasteiger charge is -2.42. The maximum absolute atomic E-state index is 13.1. The van der Waals surface area contributed by atoms with Gasteiger partial charge in [-0.15, -0.1) is 0 Å². The number of carbonyl (C=O) groups is 2. The average Bonchev–Trinajstić information content (AvgIpc) is 3.44. The largest absolute Gasteiger partial charge is 0.462 e. The summed E-state index contributed by atoms with van der Waals surface area (Å²) in [5.41, 5.74) is 0. The Kier molecular flexibility index (Phi) is 44.3.